The van der Waals surface area contributed by atoms with Crippen LogP contribution in [-0.4, -0.2) is 41.9 Å². The second-order valence-corrected chi connectivity index (χ2v) is 8.71. The minimum atomic E-state index is -0.784. The Bertz CT molecular complexity index is 1020. The van der Waals surface area contributed by atoms with Gasteiger partial charge in [0, 0.05) is 10.7 Å². The monoisotopic (exact) mass is 481 g/mol. The molecule has 1 heterocycles. The van der Waals surface area contributed by atoms with Gasteiger partial charge in [-0.3, -0.25) is 14.4 Å². The number of amides is 3. The molecule has 0 aliphatic carbocycles. The van der Waals surface area contributed by atoms with Crippen molar-refractivity contribution in [2.45, 2.75) is 25.5 Å². The molecule has 164 valence electrons. The van der Waals surface area contributed by atoms with Gasteiger partial charge in [0.25, 0.3) is 11.8 Å². The Labute approximate surface area is 194 Å². The number of hydrogen-bond acceptors (Lipinski definition) is 5. The van der Waals surface area contributed by atoms with Crippen LogP contribution in [0.15, 0.2) is 36.4 Å². The zero-order valence-corrected chi connectivity index (χ0v) is 19.2. The first kappa shape index (κ1) is 23.2. The van der Waals surface area contributed by atoms with E-state index in [-0.39, 0.29) is 22.4 Å². The molecule has 0 unspecified atom stereocenters. The molecule has 2 aromatic carbocycles. The highest BCUT2D eigenvalue weighted by atomic mass is 35.5. The molecule has 2 aromatic rings. The predicted molar refractivity (Wildman–Crippen MR) is 125 cm³/mol. The van der Waals surface area contributed by atoms with E-state index in [1.54, 1.807) is 43.0 Å². The Morgan fingerprint density at radius 2 is 2.00 bits per heavy atom. The van der Waals surface area contributed by atoms with Crippen molar-refractivity contribution >= 4 is 64.1 Å². The highest BCUT2D eigenvalue weighted by Crippen LogP contribution is 2.32. The molecular weight excluding hydrogens is 461 g/mol. The van der Waals surface area contributed by atoms with Gasteiger partial charge in [-0.15, -0.1) is 0 Å². The van der Waals surface area contributed by atoms with Crippen LogP contribution in [0, 0.1) is 0 Å². The number of thioether (sulfide) groups is 1. The quantitative estimate of drug-likeness (QED) is 0.550. The van der Waals surface area contributed by atoms with Crippen molar-refractivity contribution in [3.05, 3.63) is 52.0 Å². The number of fused-ring (bicyclic) bond motifs is 1. The van der Waals surface area contributed by atoms with Crippen LogP contribution in [0.3, 0.4) is 0 Å². The van der Waals surface area contributed by atoms with Crippen molar-refractivity contribution in [1.82, 2.24) is 5.32 Å². The molecule has 0 saturated heterocycles. The summed E-state index contributed by atoms with van der Waals surface area (Å²) in [7, 11) is 0. The summed E-state index contributed by atoms with van der Waals surface area (Å²) in [6.45, 7) is 1.65. The molecule has 7 nitrogen and oxygen atoms in total. The largest absolute Gasteiger partial charge is 0.479 e. The van der Waals surface area contributed by atoms with Gasteiger partial charge in [0.15, 0.2) is 6.10 Å². The fraction of sp³-hybridized carbons (Fsp3) is 0.286. The molecule has 31 heavy (non-hydrogen) atoms. The zero-order valence-electron chi connectivity index (χ0n) is 16.8. The molecule has 1 aliphatic heterocycles. The topological polar surface area (TPSA) is 96.5 Å². The molecule has 0 spiro atoms. The Morgan fingerprint density at radius 1 is 1.23 bits per heavy atom. The van der Waals surface area contributed by atoms with Gasteiger partial charge in [0.05, 0.1) is 16.3 Å². The molecule has 0 aromatic heterocycles. The smallest absolute Gasteiger partial charge is 0.265 e. The number of carbonyl (C=O) groups excluding carboxylic acids is 3. The lowest BCUT2D eigenvalue weighted by molar-refractivity contribution is -0.122. The summed E-state index contributed by atoms with van der Waals surface area (Å²) >= 11 is 13.6. The molecule has 2 atom stereocenters. The highest BCUT2D eigenvalue weighted by molar-refractivity contribution is 7.98. The summed E-state index contributed by atoms with van der Waals surface area (Å²) in [5, 5.41) is 8.87. The number of hydrogen-bond donors (Lipinski definition) is 3. The van der Waals surface area contributed by atoms with Gasteiger partial charge in [0.1, 0.15) is 11.8 Å². The first-order valence-corrected chi connectivity index (χ1v) is 11.6. The van der Waals surface area contributed by atoms with Crippen LogP contribution >= 0.6 is 35.0 Å². The highest BCUT2D eigenvalue weighted by Gasteiger charge is 2.25. The van der Waals surface area contributed by atoms with Crippen LogP contribution in [0.4, 0.5) is 11.4 Å². The molecule has 0 saturated carbocycles. The number of nitrogens with one attached hydrogen (secondary N) is 3. The van der Waals surface area contributed by atoms with E-state index < -0.39 is 18.1 Å². The second kappa shape index (κ2) is 10.3. The second-order valence-electron chi connectivity index (χ2n) is 6.88. The van der Waals surface area contributed by atoms with Gasteiger partial charge in [-0.05, 0) is 61.8 Å². The van der Waals surface area contributed by atoms with Gasteiger partial charge in [0.2, 0.25) is 5.91 Å². The van der Waals surface area contributed by atoms with E-state index in [0.29, 0.717) is 34.3 Å². The Kier molecular flexibility index (Phi) is 7.69. The minimum absolute atomic E-state index is 0.202. The lowest BCUT2D eigenvalue weighted by Crippen LogP contribution is -2.44. The number of rotatable bonds is 7. The van der Waals surface area contributed by atoms with Crippen molar-refractivity contribution in [3.63, 3.8) is 0 Å². The van der Waals surface area contributed by atoms with Crippen molar-refractivity contribution in [1.29, 1.82) is 0 Å². The van der Waals surface area contributed by atoms with Gasteiger partial charge in [-0.1, -0.05) is 23.2 Å². The van der Waals surface area contributed by atoms with Crippen LogP contribution in [0.2, 0.25) is 10.0 Å². The number of benzene rings is 2. The third-order valence-electron chi connectivity index (χ3n) is 4.59. The number of carbonyl (C=O) groups is 3. The maximum Gasteiger partial charge on any atom is 0.265 e. The van der Waals surface area contributed by atoms with Crippen LogP contribution in [0.25, 0.3) is 0 Å². The van der Waals surface area contributed by atoms with E-state index in [0.717, 1.165) is 0 Å². The summed E-state index contributed by atoms with van der Waals surface area (Å²) < 4.78 is 5.52. The van der Waals surface area contributed by atoms with E-state index in [4.69, 9.17) is 27.9 Å². The van der Waals surface area contributed by atoms with Crippen LogP contribution in [0.5, 0.6) is 5.75 Å². The molecule has 0 fully saturated rings. The summed E-state index contributed by atoms with van der Waals surface area (Å²) in [4.78, 5) is 37.4. The summed E-state index contributed by atoms with van der Waals surface area (Å²) in [5.74, 6) is 0.0705. The van der Waals surface area contributed by atoms with E-state index in [1.807, 2.05) is 6.26 Å². The van der Waals surface area contributed by atoms with Crippen LogP contribution < -0.4 is 20.7 Å². The minimum Gasteiger partial charge on any atom is -0.479 e. The van der Waals surface area contributed by atoms with Crippen molar-refractivity contribution in [3.8, 4) is 5.75 Å². The van der Waals surface area contributed by atoms with Gasteiger partial charge < -0.3 is 20.7 Å². The molecule has 0 bridgehead atoms. The Hall–Kier alpha value is -2.42. The van der Waals surface area contributed by atoms with Crippen molar-refractivity contribution in [2.75, 3.05) is 22.6 Å². The third kappa shape index (κ3) is 5.84. The third-order valence-corrected chi connectivity index (χ3v) is 5.78. The molecule has 10 heteroatoms. The maximum atomic E-state index is 12.9. The molecule has 3 rings (SSSR count). The molecule has 1 aliphatic rings. The van der Waals surface area contributed by atoms with E-state index >= 15 is 0 Å². The fourth-order valence-corrected chi connectivity index (χ4v) is 3.90. The zero-order chi connectivity index (χ0) is 22.5. The van der Waals surface area contributed by atoms with E-state index in [9.17, 15) is 14.4 Å². The summed E-state index contributed by atoms with van der Waals surface area (Å²) in [6.07, 6.45) is 1.76. The van der Waals surface area contributed by atoms with Crippen LogP contribution in [0.1, 0.15) is 23.7 Å². The lowest BCUT2D eigenvalue weighted by Gasteiger charge is -2.24. The fourth-order valence-electron chi connectivity index (χ4n) is 2.93. The number of ether oxygens (including phenoxy) is 1. The predicted octanol–water partition coefficient (Wildman–Crippen LogP) is 4.20. The Balaban J connectivity index is 1.73. The van der Waals surface area contributed by atoms with Gasteiger partial charge in [-0.2, -0.15) is 11.8 Å². The Morgan fingerprint density at radius 3 is 2.71 bits per heavy atom. The van der Waals surface area contributed by atoms with Gasteiger partial charge >= 0.3 is 0 Å². The van der Waals surface area contributed by atoms with Crippen molar-refractivity contribution < 1.29 is 19.1 Å². The SMILES string of the molecule is CSCC[C@@H](NC(=O)c1ccc(Cl)cc1Cl)C(=O)Nc1ccc2c(c1)NC(=O)[C@H](C)O2. The van der Waals surface area contributed by atoms with Gasteiger partial charge in [-0.25, -0.2) is 0 Å². The van der Waals surface area contributed by atoms with E-state index in [1.165, 1.54) is 12.1 Å². The molecular formula is C21H21Cl2N3O4S. The lowest BCUT2D eigenvalue weighted by atomic mass is 10.1. The molecule has 3 N–H and O–H groups in total. The number of halogens is 2. The maximum absolute atomic E-state index is 12.9. The molecule has 3 amide bonds. The standard InChI is InChI=1S/C21H21Cl2N3O4S/c1-11-19(27)26-17-10-13(4-6-18(17)30-11)24-21(29)16(7-8-31-2)25-20(28)14-5-3-12(22)9-15(14)23/h3-6,9-11,16H,7-8H2,1-2H3,(H,24,29)(H,25,28)(H,26,27)/t11-,16+/m0/s1. The summed E-state index contributed by atoms with van der Waals surface area (Å²) in [6, 6.07) is 8.71. The van der Waals surface area contributed by atoms with Crippen LogP contribution in [-0.2, 0) is 9.59 Å². The molecule has 0 radical (unpaired) electrons. The summed E-state index contributed by atoms with van der Waals surface area (Å²) in [5.41, 5.74) is 1.17. The first-order valence-electron chi connectivity index (χ1n) is 9.45. The van der Waals surface area contributed by atoms with E-state index in [2.05, 4.69) is 16.0 Å². The average molecular weight is 482 g/mol. The van der Waals surface area contributed by atoms with Crippen molar-refractivity contribution in [2.24, 2.45) is 0 Å². The first-order chi connectivity index (χ1) is 14.8. The normalized spacial score (nSPS) is 15.9. The average Bonchev–Trinajstić information content (AvgIpc) is 2.71. The number of anilines is 2.